The van der Waals surface area contributed by atoms with E-state index in [-0.39, 0.29) is 22.6 Å². The van der Waals surface area contributed by atoms with E-state index in [0.29, 0.717) is 6.42 Å². The molecule has 0 saturated heterocycles. The summed E-state index contributed by atoms with van der Waals surface area (Å²) < 4.78 is 27.0. The SMILES string of the molecule is C=C[C@@H]1C[C@@H]1C(=O)NS(=O)(=O)c1cccc(C2C=CC=CC2)c1. The van der Waals surface area contributed by atoms with Crippen molar-refractivity contribution >= 4 is 15.9 Å². The van der Waals surface area contributed by atoms with Gasteiger partial charge in [-0.3, -0.25) is 4.79 Å². The van der Waals surface area contributed by atoms with Gasteiger partial charge in [0.25, 0.3) is 10.0 Å². The zero-order chi connectivity index (χ0) is 16.4. The summed E-state index contributed by atoms with van der Waals surface area (Å²) in [5.41, 5.74) is 0.927. The molecule has 0 heterocycles. The Balaban J connectivity index is 1.77. The normalized spacial score (nSPS) is 25.8. The number of hydrogen-bond acceptors (Lipinski definition) is 3. The molecule has 1 aromatic carbocycles. The van der Waals surface area contributed by atoms with Crippen LogP contribution in [-0.4, -0.2) is 14.3 Å². The molecule has 1 unspecified atom stereocenters. The maximum Gasteiger partial charge on any atom is 0.264 e. The quantitative estimate of drug-likeness (QED) is 0.845. The largest absolute Gasteiger partial charge is 0.274 e. The predicted molar refractivity (Wildman–Crippen MR) is 89.2 cm³/mol. The highest BCUT2D eigenvalue weighted by molar-refractivity contribution is 7.90. The van der Waals surface area contributed by atoms with Crippen LogP contribution in [0.25, 0.3) is 0 Å². The fourth-order valence-corrected chi connectivity index (χ4v) is 3.87. The summed E-state index contributed by atoms with van der Waals surface area (Å²) in [6.07, 6.45) is 11.2. The summed E-state index contributed by atoms with van der Waals surface area (Å²) >= 11 is 0. The second-order valence-corrected chi connectivity index (χ2v) is 7.62. The molecule has 0 bridgehead atoms. The lowest BCUT2D eigenvalue weighted by atomic mass is 9.93. The topological polar surface area (TPSA) is 63.2 Å². The number of sulfonamides is 1. The highest BCUT2D eigenvalue weighted by Gasteiger charge is 2.42. The number of carbonyl (C=O) groups is 1. The van der Waals surface area contributed by atoms with Crippen LogP contribution in [0, 0.1) is 11.8 Å². The molecule has 0 radical (unpaired) electrons. The van der Waals surface area contributed by atoms with Crippen LogP contribution >= 0.6 is 0 Å². The Morgan fingerprint density at radius 3 is 2.78 bits per heavy atom. The standard InChI is InChI=1S/C18H19NO3S/c1-2-13-12-17(13)18(20)19-23(21,22)16-10-6-9-15(11-16)14-7-4-3-5-8-14/h2-7,9-11,13-14,17H,1,8,12H2,(H,19,20)/t13-,14?,17+/m1/s1. The number of nitrogens with one attached hydrogen (secondary N) is 1. The summed E-state index contributed by atoms with van der Waals surface area (Å²) in [6, 6.07) is 6.77. The number of allylic oxidation sites excluding steroid dienone is 5. The third kappa shape index (κ3) is 3.45. The van der Waals surface area contributed by atoms with E-state index in [2.05, 4.69) is 17.4 Å². The number of hydrogen-bond donors (Lipinski definition) is 1. The molecule has 0 spiro atoms. The van der Waals surface area contributed by atoms with E-state index in [1.165, 1.54) is 6.07 Å². The number of carbonyl (C=O) groups excluding carboxylic acids is 1. The van der Waals surface area contributed by atoms with Gasteiger partial charge < -0.3 is 0 Å². The van der Waals surface area contributed by atoms with Gasteiger partial charge in [-0.05, 0) is 36.5 Å². The second-order valence-electron chi connectivity index (χ2n) is 5.94. The molecule has 3 atom stereocenters. The lowest BCUT2D eigenvalue weighted by molar-refractivity contribution is -0.120. The van der Waals surface area contributed by atoms with E-state index < -0.39 is 15.9 Å². The third-order valence-electron chi connectivity index (χ3n) is 4.29. The summed E-state index contributed by atoms with van der Waals surface area (Å²) in [5, 5.41) is 0. The molecular formula is C18H19NO3S. The number of benzene rings is 1. The average molecular weight is 329 g/mol. The highest BCUT2D eigenvalue weighted by atomic mass is 32.2. The summed E-state index contributed by atoms with van der Waals surface area (Å²) in [7, 11) is -3.83. The van der Waals surface area contributed by atoms with E-state index >= 15 is 0 Å². The molecule has 1 aromatic rings. The number of rotatable bonds is 5. The molecule has 1 N–H and O–H groups in total. The monoisotopic (exact) mass is 329 g/mol. The van der Waals surface area contributed by atoms with Gasteiger partial charge in [0.1, 0.15) is 0 Å². The van der Waals surface area contributed by atoms with Crippen molar-refractivity contribution in [2.75, 3.05) is 0 Å². The smallest absolute Gasteiger partial charge is 0.264 e. The summed E-state index contributed by atoms with van der Waals surface area (Å²) in [5.74, 6) is -0.451. The molecule has 0 aliphatic heterocycles. The van der Waals surface area contributed by atoms with Crippen LogP contribution in [0.3, 0.4) is 0 Å². The lowest BCUT2D eigenvalue weighted by Crippen LogP contribution is -2.32. The maximum absolute atomic E-state index is 12.4. The lowest BCUT2D eigenvalue weighted by Gasteiger charge is -2.15. The molecular weight excluding hydrogens is 310 g/mol. The fourth-order valence-electron chi connectivity index (χ4n) is 2.78. The van der Waals surface area contributed by atoms with Crippen molar-refractivity contribution in [1.82, 2.24) is 4.72 Å². The zero-order valence-electron chi connectivity index (χ0n) is 12.7. The first kappa shape index (κ1) is 15.7. The van der Waals surface area contributed by atoms with E-state index in [9.17, 15) is 13.2 Å². The van der Waals surface area contributed by atoms with Crippen LogP contribution in [0.2, 0.25) is 0 Å². The highest BCUT2D eigenvalue weighted by Crippen LogP contribution is 2.39. The van der Waals surface area contributed by atoms with Gasteiger partial charge in [-0.15, -0.1) is 6.58 Å². The number of amides is 1. The van der Waals surface area contributed by atoms with Crippen molar-refractivity contribution in [1.29, 1.82) is 0 Å². The van der Waals surface area contributed by atoms with Crippen LogP contribution in [0.15, 0.2) is 66.1 Å². The van der Waals surface area contributed by atoms with E-state index in [0.717, 1.165) is 12.0 Å². The molecule has 23 heavy (non-hydrogen) atoms. The van der Waals surface area contributed by atoms with Crippen LogP contribution in [0.1, 0.15) is 24.3 Å². The second kappa shape index (κ2) is 6.16. The summed E-state index contributed by atoms with van der Waals surface area (Å²) in [4.78, 5) is 12.1. The molecule has 1 saturated carbocycles. The van der Waals surface area contributed by atoms with Gasteiger partial charge in [0.15, 0.2) is 0 Å². The van der Waals surface area contributed by atoms with Crippen molar-refractivity contribution < 1.29 is 13.2 Å². The molecule has 1 fully saturated rings. The van der Waals surface area contributed by atoms with Gasteiger partial charge in [-0.2, -0.15) is 0 Å². The Morgan fingerprint density at radius 1 is 1.30 bits per heavy atom. The maximum atomic E-state index is 12.4. The first-order chi connectivity index (χ1) is 11.0. The van der Waals surface area contributed by atoms with Gasteiger partial charge >= 0.3 is 0 Å². The molecule has 0 aromatic heterocycles. The van der Waals surface area contributed by atoms with Crippen LogP contribution in [-0.2, 0) is 14.8 Å². The van der Waals surface area contributed by atoms with Crippen LogP contribution in [0.5, 0.6) is 0 Å². The van der Waals surface area contributed by atoms with E-state index in [1.807, 2.05) is 24.3 Å². The Hall–Kier alpha value is -2.14. The van der Waals surface area contributed by atoms with Crippen molar-refractivity contribution in [3.63, 3.8) is 0 Å². The van der Waals surface area contributed by atoms with Gasteiger partial charge in [-0.1, -0.05) is 42.5 Å². The van der Waals surface area contributed by atoms with Crippen molar-refractivity contribution in [3.05, 3.63) is 66.8 Å². The first-order valence-corrected chi connectivity index (χ1v) is 9.12. The first-order valence-electron chi connectivity index (χ1n) is 7.64. The minimum Gasteiger partial charge on any atom is -0.274 e. The third-order valence-corrected chi connectivity index (χ3v) is 5.64. The molecule has 2 aliphatic rings. The average Bonchev–Trinajstić information content (AvgIpc) is 3.35. The molecule has 3 rings (SSSR count). The molecule has 120 valence electrons. The molecule has 1 amide bonds. The zero-order valence-corrected chi connectivity index (χ0v) is 13.5. The van der Waals surface area contributed by atoms with Crippen LogP contribution in [0.4, 0.5) is 0 Å². The van der Waals surface area contributed by atoms with Crippen LogP contribution < -0.4 is 4.72 Å². The van der Waals surface area contributed by atoms with E-state index in [1.54, 1.807) is 18.2 Å². The Morgan fingerprint density at radius 2 is 2.13 bits per heavy atom. The van der Waals surface area contributed by atoms with Crippen molar-refractivity contribution in [3.8, 4) is 0 Å². The minimum atomic E-state index is -3.83. The Kier molecular flexibility index (Phi) is 4.22. The molecule has 5 heteroatoms. The van der Waals surface area contributed by atoms with Gasteiger partial charge in [0.05, 0.1) is 4.90 Å². The molecule has 2 aliphatic carbocycles. The van der Waals surface area contributed by atoms with Gasteiger partial charge in [-0.25, -0.2) is 13.1 Å². The Bertz CT molecular complexity index is 792. The van der Waals surface area contributed by atoms with E-state index in [4.69, 9.17) is 0 Å². The predicted octanol–water partition coefficient (Wildman–Crippen LogP) is 2.91. The van der Waals surface area contributed by atoms with Crippen molar-refractivity contribution in [2.45, 2.75) is 23.7 Å². The van der Waals surface area contributed by atoms with Crippen molar-refractivity contribution in [2.24, 2.45) is 11.8 Å². The molecule has 4 nitrogen and oxygen atoms in total. The Labute approximate surface area is 136 Å². The van der Waals surface area contributed by atoms with Gasteiger partial charge in [0, 0.05) is 11.8 Å². The van der Waals surface area contributed by atoms with Gasteiger partial charge in [0.2, 0.25) is 5.91 Å². The summed E-state index contributed by atoms with van der Waals surface area (Å²) in [6.45, 7) is 3.63. The minimum absolute atomic E-state index is 0.0932. The fraction of sp³-hybridized carbons (Fsp3) is 0.278.